The Bertz CT molecular complexity index is 1610. The Morgan fingerprint density at radius 3 is 2.61 bits per heavy atom. The van der Waals surface area contributed by atoms with Crippen LogP contribution in [0.15, 0.2) is 41.6 Å². The number of hydrogen-bond acceptors (Lipinski definition) is 8. The first-order valence-corrected chi connectivity index (χ1v) is 10.8. The molecule has 4 heterocycles. The third kappa shape index (κ3) is 4.33. The molecule has 5 rings (SSSR count). The molecular formula is C22H20F3N9O2. The number of aromatic nitrogens is 7. The van der Waals surface area contributed by atoms with Crippen LogP contribution in [0.4, 0.5) is 24.5 Å². The standard InChI is InChI=1S/C22H20F3N9O2/c1-34-10-15-18(33-34)19(29-9-16-27-3-2-4-28-16)17(21(36)32-15)20-30-13-7-11(22(23,24)25)12(26-5-6-35)8-14(13)31-20/h2-4,7-8,10,26,29,35H,5-6,9H2,1H3,(H,30,31)(H,32,36). The van der Waals surface area contributed by atoms with Gasteiger partial charge in [-0.15, -0.1) is 0 Å². The number of H-pyrrole nitrogens is 2. The van der Waals surface area contributed by atoms with Gasteiger partial charge in [0.25, 0.3) is 5.56 Å². The maximum atomic E-state index is 13.7. The van der Waals surface area contributed by atoms with E-state index in [9.17, 15) is 18.0 Å². The molecule has 0 saturated heterocycles. The van der Waals surface area contributed by atoms with E-state index in [1.54, 1.807) is 31.7 Å². The summed E-state index contributed by atoms with van der Waals surface area (Å²) in [4.78, 5) is 31.5. The van der Waals surface area contributed by atoms with Gasteiger partial charge in [-0.25, -0.2) is 15.0 Å². The molecule has 11 nitrogen and oxygen atoms in total. The van der Waals surface area contributed by atoms with Crippen LogP contribution in [0.2, 0.25) is 0 Å². The highest BCUT2D eigenvalue weighted by atomic mass is 19.4. The molecule has 0 aliphatic heterocycles. The van der Waals surface area contributed by atoms with E-state index in [0.717, 1.165) is 6.07 Å². The van der Waals surface area contributed by atoms with E-state index in [1.807, 2.05) is 0 Å². The average molecular weight is 499 g/mol. The number of alkyl halides is 3. The number of aromatic amines is 2. The molecule has 0 saturated carbocycles. The third-order valence-electron chi connectivity index (χ3n) is 5.42. The molecule has 14 heteroatoms. The van der Waals surface area contributed by atoms with Crippen LogP contribution in [0.3, 0.4) is 0 Å². The van der Waals surface area contributed by atoms with E-state index in [1.165, 1.54) is 10.7 Å². The fourth-order valence-corrected chi connectivity index (χ4v) is 3.91. The Labute approximate surface area is 200 Å². The van der Waals surface area contributed by atoms with Crippen LogP contribution in [0.5, 0.6) is 0 Å². The number of benzene rings is 1. The second-order valence-corrected chi connectivity index (χ2v) is 7.94. The molecule has 0 aliphatic carbocycles. The van der Waals surface area contributed by atoms with E-state index < -0.39 is 17.3 Å². The van der Waals surface area contributed by atoms with Gasteiger partial charge >= 0.3 is 6.18 Å². The number of aliphatic hydroxyl groups excluding tert-OH is 1. The lowest BCUT2D eigenvalue weighted by molar-refractivity contribution is -0.136. The predicted molar refractivity (Wildman–Crippen MR) is 126 cm³/mol. The van der Waals surface area contributed by atoms with Crippen molar-refractivity contribution in [2.45, 2.75) is 12.7 Å². The van der Waals surface area contributed by atoms with Gasteiger partial charge in [-0.05, 0) is 18.2 Å². The molecule has 0 amide bonds. The van der Waals surface area contributed by atoms with Crippen LogP contribution in [0.1, 0.15) is 11.4 Å². The molecule has 0 bridgehead atoms. The molecule has 4 aromatic heterocycles. The maximum Gasteiger partial charge on any atom is 0.418 e. The van der Waals surface area contributed by atoms with Gasteiger partial charge in [-0.2, -0.15) is 18.3 Å². The van der Waals surface area contributed by atoms with Crippen molar-refractivity contribution in [2.75, 3.05) is 23.8 Å². The number of pyridine rings is 1. The van der Waals surface area contributed by atoms with Crippen molar-refractivity contribution in [1.29, 1.82) is 0 Å². The van der Waals surface area contributed by atoms with Crippen molar-refractivity contribution in [2.24, 2.45) is 7.05 Å². The van der Waals surface area contributed by atoms with E-state index in [0.29, 0.717) is 22.5 Å². The fourth-order valence-electron chi connectivity index (χ4n) is 3.91. The quantitative estimate of drug-likeness (QED) is 0.229. The van der Waals surface area contributed by atoms with E-state index in [2.05, 4.69) is 40.7 Å². The second kappa shape index (κ2) is 8.96. The van der Waals surface area contributed by atoms with Crippen LogP contribution in [-0.4, -0.2) is 53.0 Å². The fraction of sp³-hybridized carbons (Fsp3) is 0.227. The zero-order valence-corrected chi connectivity index (χ0v) is 18.8. The number of fused-ring (bicyclic) bond motifs is 2. The summed E-state index contributed by atoms with van der Waals surface area (Å²) in [6.45, 7) is -0.255. The van der Waals surface area contributed by atoms with Gasteiger partial charge in [0.15, 0.2) is 0 Å². The number of hydrogen-bond donors (Lipinski definition) is 5. The molecular weight excluding hydrogens is 479 g/mol. The number of halogens is 3. The normalized spacial score (nSPS) is 11.9. The van der Waals surface area contributed by atoms with Gasteiger partial charge < -0.3 is 25.7 Å². The highest BCUT2D eigenvalue weighted by molar-refractivity contribution is 5.96. The minimum atomic E-state index is -4.65. The molecule has 186 valence electrons. The first kappa shape index (κ1) is 23.3. The van der Waals surface area contributed by atoms with Crippen molar-refractivity contribution in [3.63, 3.8) is 0 Å². The van der Waals surface area contributed by atoms with Crippen molar-refractivity contribution < 1.29 is 18.3 Å². The van der Waals surface area contributed by atoms with E-state index in [4.69, 9.17) is 5.11 Å². The largest absolute Gasteiger partial charge is 0.418 e. The minimum Gasteiger partial charge on any atom is -0.395 e. The zero-order chi connectivity index (χ0) is 25.4. The maximum absolute atomic E-state index is 13.7. The molecule has 0 radical (unpaired) electrons. The predicted octanol–water partition coefficient (Wildman–Crippen LogP) is 2.63. The molecule has 5 aromatic rings. The van der Waals surface area contributed by atoms with Gasteiger partial charge in [0.2, 0.25) is 0 Å². The number of aliphatic hydroxyl groups is 1. The molecule has 0 fully saturated rings. The Balaban J connectivity index is 1.67. The monoisotopic (exact) mass is 499 g/mol. The summed E-state index contributed by atoms with van der Waals surface area (Å²) >= 11 is 0. The van der Waals surface area contributed by atoms with Crippen LogP contribution in [0.25, 0.3) is 33.5 Å². The molecule has 1 aromatic carbocycles. The Kier molecular flexibility index (Phi) is 5.80. The van der Waals surface area contributed by atoms with Gasteiger partial charge in [-0.1, -0.05) is 0 Å². The number of imidazole rings is 1. The average Bonchev–Trinajstić information content (AvgIpc) is 3.42. The highest BCUT2D eigenvalue weighted by Gasteiger charge is 2.34. The molecule has 0 atom stereocenters. The summed E-state index contributed by atoms with van der Waals surface area (Å²) in [7, 11) is 1.70. The van der Waals surface area contributed by atoms with Crippen LogP contribution < -0.4 is 16.2 Å². The molecule has 0 aliphatic rings. The first-order valence-electron chi connectivity index (χ1n) is 10.8. The van der Waals surface area contributed by atoms with Gasteiger partial charge in [0.05, 0.1) is 41.0 Å². The summed E-state index contributed by atoms with van der Waals surface area (Å²) in [6, 6.07) is 3.82. The van der Waals surface area contributed by atoms with Crippen LogP contribution in [0, 0.1) is 0 Å². The third-order valence-corrected chi connectivity index (χ3v) is 5.42. The van der Waals surface area contributed by atoms with Gasteiger partial charge in [-0.3, -0.25) is 9.48 Å². The number of aryl methyl sites for hydroxylation is 1. The number of nitrogens with zero attached hydrogens (tertiary/aromatic N) is 5. The zero-order valence-electron chi connectivity index (χ0n) is 18.8. The van der Waals surface area contributed by atoms with Crippen LogP contribution in [-0.2, 0) is 19.8 Å². The van der Waals surface area contributed by atoms with Crippen molar-refractivity contribution in [1.82, 2.24) is 34.7 Å². The van der Waals surface area contributed by atoms with Crippen LogP contribution >= 0.6 is 0 Å². The van der Waals surface area contributed by atoms with E-state index >= 15 is 0 Å². The molecule has 0 unspecified atom stereocenters. The lowest BCUT2D eigenvalue weighted by Crippen LogP contribution is -2.15. The van der Waals surface area contributed by atoms with Gasteiger partial charge in [0.1, 0.15) is 22.7 Å². The van der Waals surface area contributed by atoms with E-state index in [-0.39, 0.29) is 47.8 Å². The number of rotatable bonds is 7. The second-order valence-electron chi connectivity index (χ2n) is 7.94. The molecule has 36 heavy (non-hydrogen) atoms. The minimum absolute atomic E-state index is 0.0581. The lowest BCUT2D eigenvalue weighted by atomic mass is 10.1. The first-order chi connectivity index (χ1) is 17.2. The SMILES string of the molecule is Cn1cc2[nH]c(=O)c(-c3nc4cc(NCCO)c(C(F)(F)F)cc4[nH]3)c(NCc3ncccn3)c2n1. The Morgan fingerprint density at radius 1 is 1.11 bits per heavy atom. The van der Waals surface area contributed by atoms with Gasteiger partial charge in [0, 0.05) is 37.9 Å². The lowest BCUT2D eigenvalue weighted by Gasteiger charge is -2.14. The smallest absolute Gasteiger partial charge is 0.395 e. The summed E-state index contributed by atoms with van der Waals surface area (Å²) in [5.74, 6) is 0.523. The Morgan fingerprint density at radius 2 is 1.89 bits per heavy atom. The van der Waals surface area contributed by atoms with Crippen molar-refractivity contribution >= 4 is 33.4 Å². The summed E-state index contributed by atoms with van der Waals surface area (Å²) in [5, 5.41) is 19.2. The summed E-state index contributed by atoms with van der Waals surface area (Å²) in [5.41, 5.74) is -0.0643. The summed E-state index contributed by atoms with van der Waals surface area (Å²) < 4.78 is 42.6. The highest BCUT2D eigenvalue weighted by Crippen LogP contribution is 2.38. The molecule has 5 N–H and O–H groups in total. The van der Waals surface area contributed by atoms with Crippen molar-refractivity contribution in [3.05, 3.63) is 58.5 Å². The summed E-state index contributed by atoms with van der Waals surface area (Å²) in [6.07, 6.45) is 0.153. The topological polar surface area (TPSA) is 149 Å². The Hall–Kier alpha value is -4.46. The number of anilines is 2. The molecule has 0 spiro atoms. The number of nitrogens with one attached hydrogen (secondary N) is 4. The van der Waals surface area contributed by atoms with Crippen molar-refractivity contribution in [3.8, 4) is 11.4 Å².